The van der Waals surface area contributed by atoms with Crippen molar-refractivity contribution < 1.29 is 0 Å². The molecule has 1 aliphatic carbocycles. The van der Waals surface area contributed by atoms with Crippen LogP contribution in [0.2, 0.25) is 0 Å². The fraction of sp³-hybridized carbons (Fsp3) is 0.583. The van der Waals surface area contributed by atoms with Gasteiger partial charge in [0.05, 0.1) is 6.33 Å². The zero-order chi connectivity index (χ0) is 12.4. The maximum Gasteiger partial charge on any atom is 0.182 e. The number of nitrogens with one attached hydrogen (secondary N) is 2. The first kappa shape index (κ1) is 11.7. The summed E-state index contributed by atoms with van der Waals surface area (Å²) >= 11 is 6.05. The molecule has 2 N–H and O–H groups in total. The van der Waals surface area contributed by atoms with Crippen LogP contribution in [-0.4, -0.2) is 31.9 Å². The van der Waals surface area contributed by atoms with E-state index in [0.717, 1.165) is 17.8 Å². The monoisotopic (exact) mass is 265 g/mol. The van der Waals surface area contributed by atoms with Crippen LogP contribution in [0.25, 0.3) is 11.2 Å². The molecular weight excluding hydrogens is 250 g/mol. The van der Waals surface area contributed by atoms with Crippen molar-refractivity contribution in [2.75, 3.05) is 11.2 Å². The third-order valence-electron chi connectivity index (χ3n) is 3.65. The van der Waals surface area contributed by atoms with Crippen molar-refractivity contribution in [2.24, 2.45) is 5.92 Å². The number of imidazole rings is 1. The highest BCUT2D eigenvalue weighted by Crippen LogP contribution is 2.28. The molecular formula is C12H16ClN5. The van der Waals surface area contributed by atoms with Gasteiger partial charge >= 0.3 is 0 Å². The Morgan fingerprint density at radius 1 is 1.28 bits per heavy atom. The fourth-order valence-electron chi connectivity index (χ4n) is 2.63. The second-order valence-electron chi connectivity index (χ2n) is 4.77. The molecule has 1 fully saturated rings. The second-order valence-corrected chi connectivity index (χ2v) is 5.08. The summed E-state index contributed by atoms with van der Waals surface area (Å²) < 4.78 is 0. The minimum atomic E-state index is 0.401. The van der Waals surface area contributed by atoms with Crippen LogP contribution < -0.4 is 5.32 Å². The number of alkyl halides is 1. The molecule has 2 unspecified atom stereocenters. The molecule has 18 heavy (non-hydrogen) atoms. The molecule has 0 aliphatic heterocycles. The van der Waals surface area contributed by atoms with Crippen molar-refractivity contribution in [3.63, 3.8) is 0 Å². The first-order chi connectivity index (χ1) is 8.88. The van der Waals surface area contributed by atoms with Gasteiger partial charge in [0.2, 0.25) is 0 Å². The van der Waals surface area contributed by atoms with Crippen molar-refractivity contribution in [1.82, 2.24) is 19.9 Å². The second kappa shape index (κ2) is 5.10. The lowest BCUT2D eigenvalue weighted by molar-refractivity contribution is 0.353. The number of halogens is 1. The predicted molar refractivity (Wildman–Crippen MR) is 71.8 cm³/mol. The van der Waals surface area contributed by atoms with E-state index in [0.29, 0.717) is 23.5 Å². The van der Waals surface area contributed by atoms with Crippen molar-refractivity contribution in [3.05, 3.63) is 12.7 Å². The molecule has 1 saturated carbocycles. The number of nitrogens with zero attached hydrogens (tertiary/aromatic N) is 3. The van der Waals surface area contributed by atoms with Crippen LogP contribution in [0.5, 0.6) is 0 Å². The van der Waals surface area contributed by atoms with E-state index in [1.165, 1.54) is 19.3 Å². The van der Waals surface area contributed by atoms with E-state index in [1.54, 1.807) is 12.7 Å². The van der Waals surface area contributed by atoms with Gasteiger partial charge in [0, 0.05) is 11.9 Å². The van der Waals surface area contributed by atoms with Crippen molar-refractivity contribution in [1.29, 1.82) is 0 Å². The Labute approximate surface area is 110 Å². The van der Waals surface area contributed by atoms with E-state index in [9.17, 15) is 0 Å². The van der Waals surface area contributed by atoms with Crippen LogP contribution in [0.4, 0.5) is 5.82 Å². The Morgan fingerprint density at radius 3 is 3.06 bits per heavy atom. The number of aromatic nitrogens is 4. The van der Waals surface area contributed by atoms with Crippen LogP contribution in [0.1, 0.15) is 25.7 Å². The summed E-state index contributed by atoms with van der Waals surface area (Å²) in [5, 5.41) is 3.50. The maximum atomic E-state index is 6.05. The highest BCUT2D eigenvalue weighted by Gasteiger charge is 2.25. The first-order valence-corrected chi connectivity index (χ1v) is 6.88. The molecule has 0 amide bonds. The molecule has 0 radical (unpaired) electrons. The summed E-state index contributed by atoms with van der Waals surface area (Å²) in [7, 11) is 0. The van der Waals surface area contributed by atoms with Gasteiger partial charge in [-0.05, 0) is 18.8 Å². The topological polar surface area (TPSA) is 66.5 Å². The van der Waals surface area contributed by atoms with Crippen LogP contribution >= 0.6 is 11.6 Å². The Morgan fingerprint density at radius 2 is 2.17 bits per heavy atom. The van der Waals surface area contributed by atoms with Gasteiger partial charge in [-0.3, -0.25) is 0 Å². The maximum absolute atomic E-state index is 6.05. The predicted octanol–water partition coefficient (Wildman–Crippen LogP) is 2.56. The summed E-state index contributed by atoms with van der Waals surface area (Å²) in [6, 6.07) is 0.401. The third kappa shape index (κ3) is 2.14. The Bertz CT molecular complexity index is 526. The number of rotatable bonds is 3. The molecule has 0 spiro atoms. The van der Waals surface area contributed by atoms with Gasteiger partial charge in [0.1, 0.15) is 11.8 Å². The van der Waals surface area contributed by atoms with Gasteiger partial charge in [-0.25, -0.2) is 15.0 Å². The lowest BCUT2D eigenvalue weighted by Gasteiger charge is -2.31. The van der Waals surface area contributed by atoms with E-state index in [-0.39, 0.29) is 0 Å². The van der Waals surface area contributed by atoms with Gasteiger partial charge in [0.25, 0.3) is 0 Å². The van der Waals surface area contributed by atoms with Crippen LogP contribution in [0.3, 0.4) is 0 Å². The number of H-pyrrole nitrogens is 1. The molecule has 1 aliphatic rings. The van der Waals surface area contributed by atoms with Crippen LogP contribution in [-0.2, 0) is 0 Å². The molecule has 96 valence electrons. The van der Waals surface area contributed by atoms with E-state index >= 15 is 0 Å². The summed E-state index contributed by atoms with van der Waals surface area (Å²) in [6.07, 6.45) is 8.06. The van der Waals surface area contributed by atoms with Gasteiger partial charge in [-0.2, -0.15) is 0 Å². The Balaban J connectivity index is 1.84. The van der Waals surface area contributed by atoms with E-state index < -0.39 is 0 Å². The van der Waals surface area contributed by atoms with Gasteiger partial charge in [-0.1, -0.05) is 12.8 Å². The largest absolute Gasteiger partial charge is 0.365 e. The average Bonchev–Trinajstić information content (AvgIpc) is 2.89. The molecule has 2 heterocycles. The average molecular weight is 266 g/mol. The SMILES string of the molecule is ClCC1CCCCC1Nc1ncnc2nc[nH]c12. The van der Waals surface area contributed by atoms with Crippen LogP contribution in [0, 0.1) is 5.92 Å². The number of aromatic amines is 1. The standard InChI is InChI=1S/C12H16ClN5/c13-5-8-3-1-2-4-9(8)18-12-10-11(15-6-14-10)16-7-17-12/h6-9H,1-5H2,(H2,14,15,16,17,18). The number of hydrogen-bond acceptors (Lipinski definition) is 4. The molecule has 0 bridgehead atoms. The zero-order valence-corrected chi connectivity index (χ0v) is 10.8. The highest BCUT2D eigenvalue weighted by molar-refractivity contribution is 6.18. The molecule has 0 saturated heterocycles. The summed E-state index contributed by atoms with van der Waals surface area (Å²) in [5.74, 6) is 2.06. The molecule has 5 nitrogen and oxygen atoms in total. The lowest BCUT2D eigenvalue weighted by atomic mass is 9.86. The Hall–Kier alpha value is -1.36. The normalized spacial score (nSPS) is 24.3. The lowest BCUT2D eigenvalue weighted by Crippen LogP contribution is -2.33. The molecule has 2 aromatic rings. The zero-order valence-electron chi connectivity index (χ0n) is 10.1. The smallest absolute Gasteiger partial charge is 0.182 e. The van der Waals surface area contributed by atoms with E-state index in [4.69, 9.17) is 11.6 Å². The number of fused-ring (bicyclic) bond motifs is 1. The van der Waals surface area contributed by atoms with E-state index in [1.807, 2.05) is 0 Å². The number of hydrogen-bond donors (Lipinski definition) is 2. The van der Waals surface area contributed by atoms with Gasteiger partial charge < -0.3 is 10.3 Å². The van der Waals surface area contributed by atoms with Crippen molar-refractivity contribution >= 4 is 28.6 Å². The fourth-order valence-corrected chi connectivity index (χ4v) is 3.00. The summed E-state index contributed by atoms with van der Waals surface area (Å²) in [6.45, 7) is 0. The van der Waals surface area contributed by atoms with Crippen LogP contribution in [0.15, 0.2) is 12.7 Å². The van der Waals surface area contributed by atoms with Crippen molar-refractivity contribution in [3.8, 4) is 0 Å². The highest BCUT2D eigenvalue weighted by atomic mass is 35.5. The van der Waals surface area contributed by atoms with Gasteiger partial charge in [-0.15, -0.1) is 11.6 Å². The summed E-state index contributed by atoms with van der Waals surface area (Å²) in [5.41, 5.74) is 1.57. The quantitative estimate of drug-likeness (QED) is 0.837. The third-order valence-corrected chi connectivity index (χ3v) is 4.05. The van der Waals surface area contributed by atoms with E-state index in [2.05, 4.69) is 25.3 Å². The number of anilines is 1. The molecule has 0 aromatic carbocycles. The molecule has 6 heteroatoms. The van der Waals surface area contributed by atoms with Gasteiger partial charge in [0.15, 0.2) is 11.5 Å². The molecule has 2 aromatic heterocycles. The molecule has 2 atom stereocenters. The first-order valence-electron chi connectivity index (χ1n) is 6.35. The van der Waals surface area contributed by atoms with Crippen molar-refractivity contribution in [2.45, 2.75) is 31.7 Å². The summed E-state index contributed by atoms with van der Waals surface area (Å²) in [4.78, 5) is 15.6. The Kier molecular flexibility index (Phi) is 3.32. The minimum Gasteiger partial charge on any atom is -0.365 e. The minimum absolute atomic E-state index is 0.401. The molecule has 3 rings (SSSR count).